The summed E-state index contributed by atoms with van der Waals surface area (Å²) in [5, 5.41) is 16.5. The van der Waals surface area contributed by atoms with Gasteiger partial charge in [-0.05, 0) is 48.0 Å². The standard InChI is InChI=1S/C22H15Cl3N4O2/c23-13-7-9-17-18(11-13)27-22(31)20(26-17)19(29-28-14-4-2-1-3-5-14)21(30)12-6-8-15(24)16(25)10-12/h1-11,21,28,30H,(H,27,31)/b29-19-/t21-/m0/s1. The van der Waals surface area contributed by atoms with Crippen LogP contribution in [0.15, 0.2) is 76.6 Å². The van der Waals surface area contributed by atoms with E-state index in [4.69, 9.17) is 34.8 Å². The van der Waals surface area contributed by atoms with E-state index in [1.807, 2.05) is 18.2 Å². The second-order valence-corrected chi connectivity index (χ2v) is 7.88. The highest BCUT2D eigenvalue weighted by Crippen LogP contribution is 2.27. The van der Waals surface area contributed by atoms with Gasteiger partial charge in [-0.15, -0.1) is 0 Å². The van der Waals surface area contributed by atoms with E-state index in [-0.39, 0.29) is 16.4 Å². The molecule has 0 bridgehead atoms. The fourth-order valence-electron chi connectivity index (χ4n) is 2.95. The molecule has 6 nitrogen and oxygen atoms in total. The highest BCUT2D eigenvalue weighted by molar-refractivity contribution is 6.42. The van der Waals surface area contributed by atoms with Crippen LogP contribution in [0.3, 0.4) is 0 Å². The second-order valence-electron chi connectivity index (χ2n) is 6.63. The minimum Gasteiger partial charge on any atom is -0.382 e. The number of aromatic amines is 1. The van der Waals surface area contributed by atoms with Crippen LogP contribution in [0, 0.1) is 0 Å². The van der Waals surface area contributed by atoms with Gasteiger partial charge in [0.25, 0.3) is 5.56 Å². The topological polar surface area (TPSA) is 90.4 Å². The van der Waals surface area contributed by atoms with Crippen LogP contribution in [0.1, 0.15) is 17.4 Å². The number of fused-ring (bicyclic) bond motifs is 1. The fourth-order valence-corrected chi connectivity index (χ4v) is 3.43. The number of nitrogens with one attached hydrogen (secondary N) is 2. The summed E-state index contributed by atoms with van der Waals surface area (Å²) in [5.41, 5.74) is 4.34. The Morgan fingerprint density at radius 2 is 1.77 bits per heavy atom. The van der Waals surface area contributed by atoms with Gasteiger partial charge in [-0.2, -0.15) is 5.10 Å². The number of hydrogen-bond donors (Lipinski definition) is 3. The van der Waals surface area contributed by atoms with E-state index in [1.165, 1.54) is 6.07 Å². The van der Waals surface area contributed by atoms with Crippen molar-refractivity contribution in [2.75, 3.05) is 5.43 Å². The molecule has 0 aliphatic heterocycles. The van der Waals surface area contributed by atoms with Crippen molar-refractivity contribution in [1.29, 1.82) is 0 Å². The van der Waals surface area contributed by atoms with Gasteiger partial charge in [0.1, 0.15) is 11.8 Å². The molecule has 0 radical (unpaired) electrons. The summed E-state index contributed by atoms with van der Waals surface area (Å²) >= 11 is 18.1. The van der Waals surface area contributed by atoms with Crippen LogP contribution in [0.5, 0.6) is 0 Å². The zero-order valence-corrected chi connectivity index (χ0v) is 18.1. The Kier molecular flexibility index (Phi) is 6.25. The molecule has 0 amide bonds. The molecular weight excluding hydrogens is 459 g/mol. The minimum absolute atomic E-state index is 0.0142. The van der Waals surface area contributed by atoms with Crippen molar-refractivity contribution in [3.05, 3.63) is 103 Å². The molecular formula is C22H15Cl3N4O2. The molecule has 3 N–H and O–H groups in total. The number of hydrogen-bond acceptors (Lipinski definition) is 5. The molecule has 0 spiro atoms. The van der Waals surface area contributed by atoms with Crippen LogP contribution in [-0.4, -0.2) is 20.8 Å². The highest BCUT2D eigenvalue weighted by Gasteiger charge is 2.23. The summed E-state index contributed by atoms with van der Waals surface area (Å²) in [5.74, 6) is 0. The lowest BCUT2D eigenvalue weighted by Crippen LogP contribution is -2.26. The van der Waals surface area contributed by atoms with E-state index in [0.717, 1.165) is 0 Å². The molecule has 0 saturated heterocycles. The van der Waals surface area contributed by atoms with Gasteiger partial charge in [0.05, 0.1) is 26.8 Å². The van der Waals surface area contributed by atoms with Gasteiger partial charge in [-0.25, -0.2) is 4.98 Å². The number of aliphatic hydroxyl groups is 1. The van der Waals surface area contributed by atoms with Crippen LogP contribution in [0.25, 0.3) is 11.0 Å². The summed E-state index contributed by atoms with van der Waals surface area (Å²) in [6, 6.07) is 18.7. The molecule has 0 fully saturated rings. The number of aromatic nitrogens is 2. The van der Waals surface area contributed by atoms with Crippen molar-refractivity contribution in [3.63, 3.8) is 0 Å². The smallest absolute Gasteiger partial charge is 0.276 e. The Morgan fingerprint density at radius 3 is 2.52 bits per heavy atom. The van der Waals surface area contributed by atoms with E-state index in [0.29, 0.717) is 32.3 Å². The molecule has 1 heterocycles. The number of anilines is 1. The second kappa shape index (κ2) is 9.08. The van der Waals surface area contributed by atoms with Crippen LogP contribution in [0.2, 0.25) is 15.1 Å². The van der Waals surface area contributed by atoms with Crippen molar-refractivity contribution in [2.24, 2.45) is 5.10 Å². The Bertz CT molecular complexity index is 1340. The monoisotopic (exact) mass is 472 g/mol. The van der Waals surface area contributed by atoms with Crippen molar-refractivity contribution < 1.29 is 5.11 Å². The van der Waals surface area contributed by atoms with Gasteiger partial charge in [-0.3, -0.25) is 10.2 Å². The number of rotatable bonds is 5. The summed E-state index contributed by atoms with van der Waals surface area (Å²) in [4.78, 5) is 20.0. The van der Waals surface area contributed by atoms with Crippen molar-refractivity contribution >= 4 is 57.2 Å². The number of nitrogens with zero attached hydrogens (tertiary/aromatic N) is 2. The molecule has 3 aromatic carbocycles. The average Bonchev–Trinajstić information content (AvgIpc) is 2.76. The summed E-state index contributed by atoms with van der Waals surface area (Å²) in [7, 11) is 0. The van der Waals surface area contributed by atoms with Gasteiger partial charge in [0, 0.05) is 5.02 Å². The first-order chi connectivity index (χ1) is 14.9. The normalized spacial score (nSPS) is 12.7. The average molecular weight is 474 g/mol. The Morgan fingerprint density at radius 1 is 1.00 bits per heavy atom. The zero-order chi connectivity index (χ0) is 22.0. The lowest BCUT2D eigenvalue weighted by Gasteiger charge is -2.15. The molecule has 0 unspecified atom stereocenters. The van der Waals surface area contributed by atoms with E-state index in [9.17, 15) is 9.90 Å². The predicted octanol–water partition coefficient (Wildman–Crippen LogP) is 5.43. The number of aliphatic hydroxyl groups excluding tert-OH is 1. The number of halogens is 3. The van der Waals surface area contributed by atoms with Gasteiger partial charge >= 0.3 is 0 Å². The van der Waals surface area contributed by atoms with Crippen LogP contribution < -0.4 is 11.0 Å². The third-order valence-electron chi connectivity index (χ3n) is 4.49. The van der Waals surface area contributed by atoms with E-state index >= 15 is 0 Å². The molecule has 0 aliphatic rings. The number of hydrazone groups is 1. The predicted molar refractivity (Wildman–Crippen MR) is 125 cm³/mol. The summed E-state index contributed by atoms with van der Waals surface area (Å²) in [6.07, 6.45) is -1.30. The molecule has 156 valence electrons. The molecule has 0 aliphatic carbocycles. The minimum atomic E-state index is -1.30. The Labute approximate surface area is 192 Å². The maximum absolute atomic E-state index is 12.8. The third-order valence-corrected chi connectivity index (χ3v) is 5.47. The first kappa shape index (κ1) is 21.3. The lowest BCUT2D eigenvalue weighted by molar-refractivity contribution is 0.247. The largest absolute Gasteiger partial charge is 0.382 e. The van der Waals surface area contributed by atoms with E-state index < -0.39 is 11.7 Å². The summed E-state index contributed by atoms with van der Waals surface area (Å²) in [6.45, 7) is 0. The van der Waals surface area contributed by atoms with Crippen LogP contribution in [0.4, 0.5) is 5.69 Å². The van der Waals surface area contributed by atoms with E-state index in [1.54, 1.807) is 42.5 Å². The zero-order valence-electron chi connectivity index (χ0n) is 15.8. The molecule has 1 aromatic heterocycles. The molecule has 1 atom stereocenters. The highest BCUT2D eigenvalue weighted by atomic mass is 35.5. The first-order valence-electron chi connectivity index (χ1n) is 9.14. The maximum Gasteiger partial charge on any atom is 0.276 e. The molecule has 0 saturated carbocycles. The quantitative estimate of drug-likeness (QED) is 0.266. The van der Waals surface area contributed by atoms with Crippen molar-refractivity contribution in [2.45, 2.75) is 6.10 Å². The van der Waals surface area contributed by atoms with Crippen molar-refractivity contribution in [1.82, 2.24) is 9.97 Å². The van der Waals surface area contributed by atoms with Gasteiger partial charge in [-0.1, -0.05) is 59.1 Å². The van der Waals surface area contributed by atoms with Crippen molar-refractivity contribution in [3.8, 4) is 0 Å². The van der Waals surface area contributed by atoms with Crippen LogP contribution >= 0.6 is 34.8 Å². The number of para-hydroxylation sites is 1. The van der Waals surface area contributed by atoms with Gasteiger partial charge in [0.2, 0.25) is 0 Å². The Balaban J connectivity index is 1.84. The number of H-pyrrole nitrogens is 1. The SMILES string of the molecule is O=c1[nH]c2cc(Cl)ccc2nc1/C(=N/Nc1ccccc1)[C@@H](O)c1ccc(Cl)c(Cl)c1. The molecule has 4 rings (SSSR count). The molecule has 9 heteroatoms. The maximum atomic E-state index is 12.8. The third kappa shape index (κ3) is 4.73. The lowest BCUT2D eigenvalue weighted by atomic mass is 10.0. The Hall–Kier alpha value is -2.90. The molecule has 31 heavy (non-hydrogen) atoms. The fraction of sp³-hybridized carbons (Fsp3) is 0.0455. The first-order valence-corrected chi connectivity index (χ1v) is 10.3. The van der Waals surface area contributed by atoms with E-state index in [2.05, 4.69) is 20.5 Å². The van der Waals surface area contributed by atoms with Crippen LogP contribution in [-0.2, 0) is 0 Å². The van der Waals surface area contributed by atoms with Gasteiger partial charge in [0.15, 0.2) is 5.69 Å². The van der Waals surface area contributed by atoms with Gasteiger partial charge < -0.3 is 10.1 Å². The molecule has 4 aromatic rings. The summed E-state index contributed by atoms with van der Waals surface area (Å²) < 4.78 is 0. The number of benzene rings is 3.